The molecule has 0 aromatic heterocycles. The Kier molecular flexibility index (Phi) is 6.52. The lowest BCUT2D eigenvalue weighted by molar-refractivity contribution is 0.558. The number of hydrogen-bond acceptors (Lipinski definition) is 3. The topological polar surface area (TPSA) is 37.4 Å². The maximum absolute atomic E-state index is 12.6. The second kappa shape index (κ2) is 7.90. The van der Waals surface area contributed by atoms with Crippen molar-refractivity contribution >= 4 is 9.84 Å². The van der Waals surface area contributed by atoms with Gasteiger partial charge in [0.05, 0.1) is 9.80 Å². The first kappa shape index (κ1) is 16.5. The quantitative estimate of drug-likeness (QED) is 0.569. The van der Waals surface area contributed by atoms with E-state index in [2.05, 4.69) is 6.92 Å². The number of hydrogen-bond donors (Lipinski definition) is 0. The predicted octanol–water partition coefficient (Wildman–Crippen LogP) is 3.61. The first-order chi connectivity index (χ1) is 9.48. The summed E-state index contributed by atoms with van der Waals surface area (Å²) in [6.07, 6.45) is 8.34. The second-order valence-electron chi connectivity index (χ2n) is 4.86. The van der Waals surface area contributed by atoms with Crippen LogP contribution in [0, 0.1) is 0 Å². The molecular formula is C16H23NO2S. The van der Waals surface area contributed by atoms with Gasteiger partial charge in [0.2, 0.25) is 9.84 Å². The van der Waals surface area contributed by atoms with Gasteiger partial charge in [-0.3, -0.25) is 0 Å². The fraction of sp³-hybridized carbons (Fsp3) is 0.375. The number of benzene rings is 1. The van der Waals surface area contributed by atoms with E-state index >= 15 is 0 Å². The fourth-order valence-corrected chi connectivity index (χ4v) is 3.13. The van der Waals surface area contributed by atoms with Crippen LogP contribution >= 0.6 is 0 Å². The van der Waals surface area contributed by atoms with E-state index in [1.165, 1.54) is 0 Å². The van der Waals surface area contributed by atoms with Gasteiger partial charge in [0, 0.05) is 20.3 Å². The van der Waals surface area contributed by atoms with Crippen molar-refractivity contribution < 1.29 is 8.42 Å². The SMILES string of the molecule is CCCC/C=C/C(=C\N(C)C)S(=O)(=O)c1ccccc1. The Labute approximate surface area is 122 Å². The van der Waals surface area contributed by atoms with E-state index in [1.807, 2.05) is 26.2 Å². The highest BCUT2D eigenvalue weighted by atomic mass is 32.2. The lowest BCUT2D eigenvalue weighted by Crippen LogP contribution is -2.09. The summed E-state index contributed by atoms with van der Waals surface area (Å²) in [5, 5.41) is 0. The van der Waals surface area contributed by atoms with Crippen molar-refractivity contribution in [3.63, 3.8) is 0 Å². The smallest absolute Gasteiger partial charge is 0.208 e. The summed E-state index contributed by atoms with van der Waals surface area (Å²) in [6, 6.07) is 8.53. The molecule has 1 aromatic carbocycles. The number of rotatable bonds is 7. The zero-order valence-corrected chi connectivity index (χ0v) is 13.2. The Bertz CT molecular complexity index is 557. The van der Waals surface area contributed by atoms with Crippen LogP contribution in [0.15, 0.2) is 58.5 Å². The molecule has 1 rings (SSSR count). The standard InChI is InChI=1S/C16H23NO2S/c1-4-5-6-8-13-16(14-17(2)3)20(18,19)15-11-9-7-10-12-15/h7-14H,4-6H2,1-3H3/b13-8+,16-14+. The van der Waals surface area contributed by atoms with Crippen LogP contribution in [0.5, 0.6) is 0 Å². The summed E-state index contributed by atoms with van der Waals surface area (Å²) in [5.74, 6) is 0. The molecule has 0 saturated carbocycles. The van der Waals surface area contributed by atoms with Crippen molar-refractivity contribution in [1.82, 2.24) is 4.90 Å². The molecule has 0 aliphatic rings. The zero-order valence-electron chi connectivity index (χ0n) is 12.4. The minimum atomic E-state index is -3.45. The van der Waals surface area contributed by atoms with E-state index in [0.717, 1.165) is 19.3 Å². The van der Waals surface area contributed by atoms with Gasteiger partial charge in [0.25, 0.3) is 0 Å². The predicted molar refractivity (Wildman–Crippen MR) is 84.1 cm³/mol. The summed E-state index contributed by atoms with van der Waals surface area (Å²) >= 11 is 0. The Balaban J connectivity index is 3.08. The Morgan fingerprint density at radius 3 is 2.40 bits per heavy atom. The van der Waals surface area contributed by atoms with Crippen LogP contribution in [0.3, 0.4) is 0 Å². The van der Waals surface area contributed by atoms with Crippen LogP contribution in [0.4, 0.5) is 0 Å². The van der Waals surface area contributed by atoms with Crippen molar-refractivity contribution in [2.45, 2.75) is 31.1 Å². The molecule has 0 heterocycles. The maximum atomic E-state index is 12.6. The summed E-state index contributed by atoms with van der Waals surface area (Å²) in [4.78, 5) is 2.40. The van der Waals surface area contributed by atoms with Crippen LogP contribution in [-0.2, 0) is 9.84 Å². The third kappa shape index (κ3) is 4.85. The first-order valence-electron chi connectivity index (χ1n) is 6.83. The molecule has 0 aliphatic carbocycles. The lowest BCUT2D eigenvalue weighted by atomic mass is 10.2. The molecule has 0 unspecified atom stereocenters. The lowest BCUT2D eigenvalue weighted by Gasteiger charge is -2.10. The van der Waals surface area contributed by atoms with Gasteiger partial charge in [-0.25, -0.2) is 8.42 Å². The van der Waals surface area contributed by atoms with Gasteiger partial charge in [0.15, 0.2) is 0 Å². The molecule has 110 valence electrons. The molecule has 0 amide bonds. The summed E-state index contributed by atoms with van der Waals surface area (Å²) < 4.78 is 25.2. The molecule has 0 radical (unpaired) electrons. The molecule has 0 N–H and O–H groups in total. The zero-order chi connectivity index (χ0) is 15.0. The van der Waals surface area contributed by atoms with E-state index in [4.69, 9.17) is 0 Å². The van der Waals surface area contributed by atoms with Crippen molar-refractivity contribution in [3.05, 3.63) is 53.6 Å². The highest BCUT2D eigenvalue weighted by molar-refractivity contribution is 7.95. The van der Waals surface area contributed by atoms with Crippen LogP contribution in [-0.4, -0.2) is 27.4 Å². The van der Waals surface area contributed by atoms with Crippen molar-refractivity contribution in [1.29, 1.82) is 0 Å². The number of nitrogens with zero attached hydrogens (tertiary/aromatic N) is 1. The largest absolute Gasteiger partial charge is 0.382 e. The van der Waals surface area contributed by atoms with Gasteiger partial charge in [-0.15, -0.1) is 0 Å². The summed E-state index contributed by atoms with van der Waals surface area (Å²) in [6.45, 7) is 2.12. The second-order valence-corrected chi connectivity index (χ2v) is 6.81. The highest BCUT2D eigenvalue weighted by Crippen LogP contribution is 2.20. The molecule has 0 saturated heterocycles. The third-order valence-electron chi connectivity index (χ3n) is 2.76. The number of unbranched alkanes of at least 4 members (excludes halogenated alkanes) is 2. The van der Waals surface area contributed by atoms with Crippen LogP contribution in [0.1, 0.15) is 26.2 Å². The molecule has 0 spiro atoms. The molecule has 0 aliphatic heterocycles. The van der Waals surface area contributed by atoms with Crippen LogP contribution in [0.2, 0.25) is 0 Å². The van der Waals surface area contributed by atoms with Crippen LogP contribution in [0.25, 0.3) is 0 Å². The molecule has 1 aromatic rings. The van der Waals surface area contributed by atoms with Gasteiger partial charge in [0.1, 0.15) is 0 Å². The minimum absolute atomic E-state index is 0.324. The Morgan fingerprint density at radius 2 is 1.85 bits per heavy atom. The average Bonchev–Trinajstić information content (AvgIpc) is 2.42. The minimum Gasteiger partial charge on any atom is -0.382 e. The van der Waals surface area contributed by atoms with E-state index in [9.17, 15) is 8.42 Å². The molecule has 3 nitrogen and oxygen atoms in total. The molecule has 20 heavy (non-hydrogen) atoms. The van der Waals surface area contributed by atoms with Crippen molar-refractivity contribution in [3.8, 4) is 0 Å². The van der Waals surface area contributed by atoms with Gasteiger partial charge < -0.3 is 4.90 Å². The summed E-state index contributed by atoms with van der Waals surface area (Å²) in [5.41, 5.74) is 0. The molecule has 0 bridgehead atoms. The highest BCUT2D eigenvalue weighted by Gasteiger charge is 2.18. The number of sulfone groups is 1. The van der Waals surface area contributed by atoms with Gasteiger partial charge in [-0.2, -0.15) is 0 Å². The monoisotopic (exact) mass is 293 g/mol. The average molecular weight is 293 g/mol. The van der Waals surface area contributed by atoms with Crippen molar-refractivity contribution in [2.24, 2.45) is 0 Å². The third-order valence-corrected chi connectivity index (χ3v) is 4.51. The Morgan fingerprint density at radius 1 is 1.20 bits per heavy atom. The molecule has 0 atom stereocenters. The van der Waals surface area contributed by atoms with Gasteiger partial charge >= 0.3 is 0 Å². The fourth-order valence-electron chi connectivity index (χ4n) is 1.71. The normalized spacial score (nSPS) is 12.8. The maximum Gasteiger partial charge on any atom is 0.208 e. The molecule has 4 heteroatoms. The van der Waals surface area contributed by atoms with Crippen molar-refractivity contribution in [2.75, 3.05) is 14.1 Å². The van der Waals surface area contributed by atoms with Crippen LogP contribution < -0.4 is 0 Å². The number of allylic oxidation sites excluding steroid dienone is 2. The molecular weight excluding hydrogens is 270 g/mol. The van der Waals surface area contributed by atoms with Gasteiger partial charge in [-0.05, 0) is 24.6 Å². The van der Waals surface area contributed by atoms with E-state index < -0.39 is 9.84 Å². The van der Waals surface area contributed by atoms with E-state index in [1.54, 1.807) is 41.4 Å². The van der Waals surface area contributed by atoms with E-state index in [-0.39, 0.29) is 0 Å². The Hall–Kier alpha value is -1.55. The van der Waals surface area contributed by atoms with E-state index in [0.29, 0.717) is 9.80 Å². The van der Waals surface area contributed by atoms with Gasteiger partial charge in [-0.1, -0.05) is 44.0 Å². The first-order valence-corrected chi connectivity index (χ1v) is 8.31. The molecule has 0 fully saturated rings. The summed E-state index contributed by atoms with van der Waals surface area (Å²) in [7, 11) is 0.189.